The van der Waals surface area contributed by atoms with Crippen LogP contribution >= 0.6 is 22.7 Å². The van der Waals surface area contributed by atoms with Gasteiger partial charge in [0.1, 0.15) is 0 Å². The minimum absolute atomic E-state index is 0.000169. The average Bonchev–Trinajstić information content (AvgIpc) is 3.41. The highest BCUT2D eigenvalue weighted by atomic mass is 32.1. The zero-order valence-corrected chi connectivity index (χ0v) is 20.5. The molecule has 0 unspecified atom stereocenters. The molecule has 0 bridgehead atoms. The minimum atomic E-state index is -0.209. The Labute approximate surface area is 201 Å². The van der Waals surface area contributed by atoms with Crippen molar-refractivity contribution >= 4 is 45.4 Å². The molecule has 1 aromatic carbocycles. The SMILES string of the molecule is CC(=O)NCc1ccc(-c2nc(NC(=O)CCC(=O)c3ccc4c(c3)CCCC4)sc2C)s1. The van der Waals surface area contributed by atoms with Crippen LogP contribution in [0.25, 0.3) is 10.6 Å². The van der Waals surface area contributed by atoms with Crippen LogP contribution in [-0.2, 0) is 29.0 Å². The number of anilines is 1. The van der Waals surface area contributed by atoms with Crippen LogP contribution in [0, 0.1) is 6.92 Å². The van der Waals surface area contributed by atoms with Crippen LogP contribution in [0.4, 0.5) is 5.13 Å². The van der Waals surface area contributed by atoms with Crippen molar-refractivity contribution in [1.82, 2.24) is 10.3 Å². The van der Waals surface area contributed by atoms with E-state index in [4.69, 9.17) is 0 Å². The summed E-state index contributed by atoms with van der Waals surface area (Å²) >= 11 is 2.99. The summed E-state index contributed by atoms with van der Waals surface area (Å²) in [5, 5.41) is 6.16. The van der Waals surface area contributed by atoms with Crippen molar-refractivity contribution in [1.29, 1.82) is 0 Å². The molecule has 0 saturated carbocycles. The number of carbonyl (C=O) groups is 3. The lowest BCUT2D eigenvalue weighted by molar-refractivity contribution is -0.119. The number of ketones is 1. The van der Waals surface area contributed by atoms with Gasteiger partial charge in [0.25, 0.3) is 0 Å². The lowest BCUT2D eigenvalue weighted by atomic mass is 9.89. The number of amides is 2. The van der Waals surface area contributed by atoms with E-state index in [0.29, 0.717) is 17.2 Å². The van der Waals surface area contributed by atoms with E-state index >= 15 is 0 Å². The van der Waals surface area contributed by atoms with Crippen molar-refractivity contribution in [2.24, 2.45) is 0 Å². The fourth-order valence-corrected chi connectivity index (χ4v) is 5.85. The second kappa shape index (κ2) is 10.4. The number of thiazole rings is 1. The first-order chi connectivity index (χ1) is 15.9. The van der Waals surface area contributed by atoms with Gasteiger partial charge in [-0.1, -0.05) is 12.1 Å². The zero-order chi connectivity index (χ0) is 23.4. The molecule has 0 atom stereocenters. The van der Waals surface area contributed by atoms with Crippen LogP contribution in [0.2, 0.25) is 0 Å². The van der Waals surface area contributed by atoms with E-state index in [9.17, 15) is 14.4 Å². The smallest absolute Gasteiger partial charge is 0.226 e. The van der Waals surface area contributed by atoms with Gasteiger partial charge in [-0.25, -0.2) is 4.98 Å². The molecule has 0 saturated heterocycles. The molecule has 0 fully saturated rings. The number of fused-ring (bicyclic) bond motifs is 1. The highest BCUT2D eigenvalue weighted by Crippen LogP contribution is 2.34. The molecule has 4 rings (SSSR count). The summed E-state index contributed by atoms with van der Waals surface area (Å²) in [5.41, 5.74) is 4.15. The second-order valence-electron chi connectivity index (χ2n) is 8.26. The molecule has 0 spiro atoms. The number of thiophene rings is 1. The molecule has 2 heterocycles. The Morgan fingerprint density at radius 3 is 2.58 bits per heavy atom. The number of aryl methyl sites for hydroxylation is 3. The van der Waals surface area contributed by atoms with Crippen LogP contribution < -0.4 is 10.6 Å². The van der Waals surface area contributed by atoms with E-state index in [0.717, 1.165) is 33.2 Å². The van der Waals surface area contributed by atoms with Gasteiger partial charge in [-0.05, 0) is 61.9 Å². The predicted molar refractivity (Wildman–Crippen MR) is 133 cm³/mol. The Morgan fingerprint density at radius 1 is 1.00 bits per heavy atom. The Hall–Kier alpha value is -2.84. The highest BCUT2D eigenvalue weighted by molar-refractivity contribution is 7.18. The summed E-state index contributed by atoms with van der Waals surface area (Å²) in [5.74, 6) is -0.274. The standard InChI is InChI=1S/C25H27N3O3S2/c1-15-24(22-11-9-20(33-22)14-26-16(2)29)28-25(32-15)27-23(31)12-10-21(30)19-8-7-17-5-3-4-6-18(17)13-19/h7-9,11,13H,3-6,10,12,14H2,1-2H3,(H,26,29)(H,27,28,31). The Balaban J connectivity index is 1.33. The molecule has 2 N–H and O–H groups in total. The summed E-state index contributed by atoms with van der Waals surface area (Å²) < 4.78 is 0. The molecular formula is C25H27N3O3S2. The van der Waals surface area contributed by atoms with Crippen molar-refractivity contribution in [3.63, 3.8) is 0 Å². The highest BCUT2D eigenvalue weighted by Gasteiger charge is 2.17. The molecule has 33 heavy (non-hydrogen) atoms. The van der Waals surface area contributed by atoms with Crippen molar-refractivity contribution in [2.75, 3.05) is 5.32 Å². The van der Waals surface area contributed by atoms with Crippen molar-refractivity contribution in [2.45, 2.75) is 58.9 Å². The molecule has 6 nitrogen and oxygen atoms in total. The lowest BCUT2D eigenvalue weighted by Crippen LogP contribution is -2.17. The van der Waals surface area contributed by atoms with Gasteiger partial charge in [0, 0.05) is 35.1 Å². The summed E-state index contributed by atoms with van der Waals surface area (Å²) in [6.45, 7) is 3.95. The van der Waals surface area contributed by atoms with Crippen LogP contribution in [-0.4, -0.2) is 22.6 Å². The third-order valence-corrected chi connectivity index (χ3v) is 7.68. The fraction of sp³-hybridized carbons (Fsp3) is 0.360. The number of hydrogen-bond donors (Lipinski definition) is 2. The summed E-state index contributed by atoms with van der Waals surface area (Å²) in [4.78, 5) is 43.8. The van der Waals surface area contributed by atoms with Gasteiger partial charge in [0.05, 0.1) is 17.1 Å². The van der Waals surface area contributed by atoms with E-state index in [1.54, 1.807) is 11.3 Å². The molecular weight excluding hydrogens is 454 g/mol. The lowest BCUT2D eigenvalue weighted by Gasteiger charge is -2.16. The van der Waals surface area contributed by atoms with Gasteiger partial charge < -0.3 is 10.6 Å². The van der Waals surface area contributed by atoms with Gasteiger partial charge in [0.2, 0.25) is 11.8 Å². The Bertz CT molecular complexity index is 1200. The molecule has 3 aromatic rings. The van der Waals surface area contributed by atoms with E-state index in [2.05, 4.69) is 21.7 Å². The van der Waals surface area contributed by atoms with Gasteiger partial charge in [0.15, 0.2) is 10.9 Å². The van der Waals surface area contributed by atoms with Crippen LogP contribution in [0.5, 0.6) is 0 Å². The monoisotopic (exact) mass is 481 g/mol. The van der Waals surface area contributed by atoms with E-state index in [-0.39, 0.29) is 30.4 Å². The van der Waals surface area contributed by atoms with Crippen molar-refractivity contribution in [3.8, 4) is 10.6 Å². The summed E-state index contributed by atoms with van der Waals surface area (Å²) in [7, 11) is 0. The normalized spacial score (nSPS) is 12.8. The first-order valence-corrected chi connectivity index (χ1v) is 12.8. The van der Waals surface area contributed by atoms with E-state index < -0.39 is 0 Å². The topological polar surface area (TPSA) is 88.2 Å². The Kier molecular flexibility index (Phi) is 7.35. The number of aromatic nitrogens is 1. The largest absolute Gasteiger partial charge is 0.351 e. The second-order valence-corrected chi connectivity index (χ2v) is 10.6. The molecule has 1 aliphatic rings. The average molecular weight is 482 g/mol. The van der Waals surface area contributed by atoms with Crippen LogP contribution in [0.3, 0.4) is 0 Å². The third-order valence-electron chi connectivity index (χ3n) is 5.70. The van der Waals surface area contributed by atoms with E-state index in [1.807, 2.05) is 31.2 Å². The van der Waals surface area contributed by atoms with Gasteiger partial charge >= 0.3 is 0 Å². The molecule has 2 aromatic heterocycles. The maximum absolute atomic E-state index is 12.6. The Morgan fingerprint density at radius 2 is 1.79 bits per heavy atom. The predicted octanol–water partition coefficient (Wildman–Crippen LogP) is 5.30. The number of hydrogen-bond acceptors (Lipinski definition) is 6. The first-order valence-electron chi connectivity index (χ1n) is 11.1. The number of benzene rings is 1. The quantitative estimate of drug-likeness (QED) is 0.428. The minimum Gasteiger partial charge on any atom is -0.351 e. The molecule has 2 amide bonds. The molecule has 8 heteroatoms. The first kappa shape index (κ1) is 23.3. The number of nitrogens with one attached hydrogen (secondary N) is 2. The molecule has 0 aliphatic heterocycles. The maximum Gasteiger partial charge on any atom is 0.226 e. The number of nitrogens with zero attached hydrogens (tertiary/aromatic N) is 1. The summed E-state index contributed by atoms with van der Waals surface area (Å²) in [6, 6.07) is 9.91. The van der Waals surface area contributed by atoms with Gasteiger partial charge in [-0.15, -0.1) is 22.7 Å². The van der Waals surface area contributed by atoms with Gasteiger partial charge in [-0.3, -0.25) is 14.4 Å². The molecule has 0 radical (unpaired) electrons. The van der Waals surface area contributed by atoms with Crippen molar-refractivity contribution in [3.05, 3.63) is 56.8 Å². The van der Waals surface area contributed by atoms with Crippen LogP contribution in [0.15, 0.2) is 30.3 Å². The number of Topliss-reactive ketones (excluding diaryl/α,β-unsaturated/α-hetero) is 1. The zero-order valence-electron chi connectivity index (χ0n) is 18.8. The number of rotatable bonds is 8. The fourth-order valence-electron chi connectivity index (χ4n) is 3.95. The number of carbonyl (C=O) groups excluding carboxylic acids is 3. The third kappa shape index (κ3) is 5.94. The van der Waals surface area contributed by atoms with E-state index in [1.165, 1.54) is 42.2 Å². The van der Waals surface area contributed by atoms with Crippen LogP contribution in [0.1, 0.15) is 63.8 Å². The molecule has 172 valence electrons. The van der Waals surface area contributed by atoms with Crippen molar-refractivity contribution < 1.29 is 14.4 Å². The summed E-state index contributed by atoms with van der Waals surface area (Å²) in [6.07, 6.45) is 4.81. The molecule has 1 aliphatic carbocycles. The maximum atomic E-state index is 12.6. The van der Waals surface area contributed by atoms with Gasteiger partial charge in [-0.2, -0.15) is 0 Å².